The summed E-state index contributed by atoms with van der Waals surface area (Å²) in [5.41, 5.74) is 0. The van der Waals surface area contributed by atoms with Crippen LogP contribution in [0.4, 0.5) is 0 Å². The molecule has 0 aromatic carbocycles. The third kappa shape index (κ3) is 3.45. The molecular formula is C7H12ClN3O3S. The van der Waals surface area contributed by atoms with E-state index in [-0.39, 0.29) is 17.5 Å². The number of nitrogens with zero attached hydrogens (tertiary/aromatic N) is 1. The number of aromatic nitrogens is 2. The van der Waals surface area contributed by atoms with Gasteiger partial charge in [0.2, 0.25) is 0 Å². The zero-order chi connectivity index (χ0) is 11.3. The number of aromatic amines is 1. The Morgan fingerprint density at radius 2 is 2.47 bits per heavy atom. The van der Waals surface area contributed by atoms with Crippen LogP contribution in [0.3, 0.4) is 0 Å². The Kier molecular flexibility index (Phi) is 4.52. The molecule has 0 amide bonds. The molecule has 0 saturated heterocycles. The van der Waals surface area contributed by atoms with Crippen molar-refractivity contribution in [3.8, 4) is 0 Å². The van der Waals surface area contributed by atoms with Gasteiger partial charge in [-0.2, -0.15) is 0 Å². The SMILES string of the molecule is COCC(CCl)NS(=O)(=O)c1cnc[nH]1. The summed E-state index contributed by atoms with van der Waals surface area (Å²) >= 11 is 5.58. The van der Waals surface area contributed by atoms with E-state index in [1.54, 1.807) is 0 Å². The second-order valence-corrected chi connectivity index (χ2v) is 4.83. The van der Waals surface area contributed by atoms with Gasteiger partial charge in [-0.25, -0.2) is 18.1 Å². The van der Waals surface area contributed by atoms with E-state index >= 15 is 0 Å². The molecule has 0 aliphatic rings. The minimum Gasteiger partial charge on any atom is -0.383 e. The van der Waals surface area contributed by atoms with E-state index in [0.717, 1.165) is 0 Å². The van der Waals surface area contributed by atoms with Crippen molar-refractivity contribution < 1.29 is 13.2 Å². The largest absolute Gasteiger partial charge is 0.383 e. The molecule has 6 nitrogen and oxygen atoms in total. The molecule has 2 N–H and O–H groups in total. The Balaban J connectivity index is 2.72. The van der Waals surface area contributed by atoms with Crippen LogP contribution in [-0.4, -0.2) is 44.0 Å². The van der Waals surface area contributed by atoms with E-state index in [1.165, 1.54) is 19.6 Å². The molecule has 86 valence electrons. The van der Waals surface area contributed by atoms with Crippen LogP contribution in [0.25, 0.3) is 0 Å². The molecule has 15 heavy (non-hydrogen) atoms. The van der Waals surface area contributed by atoms with Crippen molar-refractivity contribution in [1.29, 1.82) is 0 Å². The monoisotopic (exact) mass is 253 g/mol. The Hall–Kier alpha value is -0.630. The lowest BCUT2D eigenvalue weighted by molar-refractivity contribution is 0.181. The summed E-state index contributed by atoms with van der Waals surface area (Å²) in [5.74, 6) is 0.140. The van der Waals surface area contributed by atoms with Gasteiger partial charge in [0.25, 0.3) is 10.0 Å². The number of rotatable bonds is 6. The minimum absolute atomic E-state index is 0.00807. The van der Waals surface area contributed by atoms with Crippen molar-refractivity contribution in [2.45, 2.75) is 11.1 Å². The van der Waals surface area contributed by atoms with Crippen LogP contribution >= 0.6 is 11.6 Å². The first kappa shape index (κ1) is 12.4. The van der Waals surface area contributed by atoms with Gasteiger partial charge in [0.15, 0.2) is 5.03 Å². The number of nitrogens with one attached hydrogen (secondary N) is 2. The average Bonchev–Trinajstić information content (AvgIpc) is 2.70. The first-order valence-corrected chi connectivity index (χ1v) is 6.17. The van der Waals surface area contributed by atoms with Crippen molar-refractivity contribution >= 4 is 21.6 Å². The zero-order valence-electron chi connectivity index (χ0n) is 8.10. The molecule has 0 aliphatic carbocycles. The van der Waals surface area contributed by atoms with Crippen molar-refractivity contribution in [2.75, 3.05) is 19.6 Å². The molecule has 0 spiro atoms. The fourth-order valence-corrected chi connectivity index (χ4v) is 2.37. The summed E-state index contributed by atoms with van der Waals surface area (Å²) in [7, 11) is -2.11. The Morgan fingerprint density at radius 1 is 1.73 bits per heavy atom. The van der Waals surface area contributed by atoms with Gasteiger partial charge in [0.05, 0.1) is 25.2 Å². The van der Waals surface area contributed by atoms with Crippen LogP contribution in [0.5, 0.6) is 0 Å². The van der Waals surface area contributed by atoms with Gasteiger partial charge in [-0.05, 0) is 0 Å². The van der Waals surface area contributed by atoms with Gasteiger partial charge in [-0.15, -0.1) is 11.6 Å². The highest BCUT2D eigenvalue weighted by Gasteiger charge is 2.20. The predicted molar refractivity (Wildman–Crippen MR) is 55.3 cm³/mol. The van der Waals surface area contributed by atoms with E-state index in [0.29, 0.717) is 0 Å². The second-order valence-electron chi connectivity index (χ2n) is 2.84. The first-order valence-electron chi connectivity index (χ1n) is 4.15. The van der Waals surface area contributed by atoms with E-state index in [2.05, 4.69) is 14.7 Å². The molecule has 1 rings (SSSR count). The highest BCUT2D eigenvalue weighted by molar-refractivity contribution is 7.89. The van der Waals surface area contributed by atoms with Crippen LogP contribution in [0.15, 0.2) is 17.6 Å². The van der Waals surface area contributed by atoms with Crippen LogP contribution in [0.2, 0.25) is 0 Å². The van der Waals surface area contributed by atoms with Gasteiger partial charge >= 0.3 is 0 Å². The quantitative estimate of drug-likeness (QED) is 0.696. The normalized spacial score (nSPS) is 14.0. The number of imidazole rings is 1. The number of methoxy groups -OCH3 is 1. The molecule has 0 fully saturated rings. The van der Waals surface area contributed by atoms with Gasteiger partial charge in [0, 0.05) is 13.0 Å². The van der Waals surface area contributed by atoms with Crippen molar-refractivity contribution in [3.63, 3.8) is 0 Å². The lowest BCUT2D eigenvalue weighted by Gasteiger charge is -2.13. The maximum Gasteiger partial charge on any atom is 0.257 e. The standard InChI is InChI=1S/C7H12ClN3O3S/c1-14-4-6(2-8)11-15(12,13)7-3-9-5-10-7/h3,5-6,11H,2,4H2,1H3,(H,9,10). The van der Waals surface area contributed by atoms with Crippen molar-refractivity contribution in [1.82, 2.24) is 14.7 Å². The maximum absolute atomic E-state index is 11.6. The van der Waals surface area contributed by atoms with Gasteiger partial charge in [0.1, 0.15) is 0 Å². The summed E-state index contributed by atoms with van der Waals surface area (Å²) in [5, 5.41) is 0.00807. The summed E-state index contributed by atoms with van der Waals surface area (Å²) in [4.78, 5) is 6.13. The molecule has 0 bridgehead atoms. The summed E-state index contributed by atoms with van der Waals surface area (Å²) < 4.78 is 30.5. The molecule has 1 unspecified atom stereocenters. The number of alkyl halides is 1. The summed E-state index contributed by atoms with van der Waals surface area (Å²) in [6.45, 7) is 0.219. The van der Waals surface area contributed by atoms with E-state index < -0.39 is 16.1 Å². The highest BCUT2D eigenvalue weighted by atomic mass is 35.5. The molecular weight excluding hydrogens is 242 g/mol. The smallest absolute Gasteiger partial charge is 0.257 e. The van der Waals surface area contributed by atoms with Gasteiger partial charge in [-0.3, -0.25) is 0 Å². The number of halogens is 1. The van der Waals surface area contributed by atoms with Gasteiger partial charge in [-0.1, -0.05) is 0 Å². The average molecular weight is 254 g/mol. The second kappa shape index (κ2) is 5.45. The summed E-state index contributed by atoms with van der Waals surface area (Å²) in [6.07, 6.45) is 2.51. The third-order valence-corrected chi connectivity index (χ3v) is 3.46. The van der Waals surface area contributed by atoms with Crippen molar-refractivity contribution in [3.05, 3.63) is 12.5 Å². The molecule has 8 heteroatoms. The van der Waals surface area contributed by atoms with E-state index in [4.69, 9.17) is 16.3 Å². The summed E-state index contributed by atoms with van der Waals surface area (Å²) in [6, 6.07) is -0.454. The number of sulfonamides is 1. The predicted octanol–water partition coefficient (Wildman–Crippen LogP) is -0.0582. The molecule has 1 atom stereocenters. The first-order chi connectivity index (χ1) is 7.10. The Bertz CT molecular complexity index is 378. The lowest BCUT2D eigenvalue weighted by atomic mass is 10.4. The third-order valence-electron chi connectivity index (χ3n) is 1.64. The molecule has 1 heterocycles. The highest BCUT2D eigenvalue weighted by Crippen LogP contribution is 2.04. The Labute approximate surface area is 93.0 Å². The molecule has 0 aliphatic heterocycles. The van der Waals surface area contributed by atoms with E-state index in [1.807, 2.05) is 0 Å². The number of ether oxygens (including phenoxy) is 1. The number of hydrogen-bond acceptors (Lipinski definition) is 4. The zero-order valence-corrected chi connectivity index (χ0v) is 9.68. The Morgan fingerprint density at radius 3 is 2.93 bits per heavy atom. The maximum atomic E-state index is 11.6. The van der Waals surface area contributed by atoms with Crippen LogP contribution in [0, 0.1) is 0 Å². The number of H-pyrrole nitrogens is 1. The minimum atomic E-state index is -3.58. The molecule has 1 aromatic rings. The number of hydrogen-bond donors (Lipinski definition) is 2. The lowest BCUT2D eigenvalue weighted by Crippen LogP contribution is -2.39. The van der Waals surface area contributed by atoms with Crippen LogP contribution < -0.4 is 4.72 Å². The van der Waals surface area contributed by atoms with Crippen molar-refractivity contribution in [2.24, 2.45) is 0 Å². The fourth-order valence-electron chi connectivity index (χ4n) is 0.984. The fraction of sp³-hybridized carbons (Fsp3) is 0.571. The van der Waals surface area contributed by atoms with Gasteiger partial charge < -0.3 is 9.72 Å². The molecule has 0 saturated carbocycles. The molecule has 0 radical (unpaired) electrons. The topological polar surface area (TPSA) is 84.1 Å². The van der Waals surface area contributed by atoms with Crippen LogP contribution in [0.1, 0.15) is 0 Å². The molecule has 1 aromatic heterocycles. The van der Waals surface area contributed by atoms with Crippen LogP contribution in [-0.2, 0) is 14.8 Å². The van der Waals surface area contributed by atoms with E-state index in [9.17, 15) is 8.42 Å².